The average Bonchev–Trinajstić information content (AvgIpc) is 2.34. The first-order valence-electron chi connectivity index (χ1n) is 5.26. The fourth-order valence-electron chi connectivity index (χ4n) is 1.35. The summed E-state index contributed by atoms with van der Waals surface area (Å²) in [6.45, 7) is 7.76. The van der Waals surface area contributed by atoms with Gasteiger partial charge in [0.1, 0.15) is 5.54 Å². The maximum Gasteiger partial charge on any atom is 0.326 e. The molecule has 0 saturated carbocycles. The standard InChI is InChI=1S/C10H19N3O2/c1-5-7(2)11-6-13-8(14)10(3,4)12-9(13)15/h7,11H,5-6H2,1-4H3,(H,12,15). The predicted octanol–water partition coefficient (Wildman–Crippen LogP) is 0.662. The van der Waals surface area contributed by atoms with Gasteiger partial charge in [0, 0.05) is 6.04 Å². The highest BCUT2D eigenvalue weighted by Crippen LogP contribution is 2.15. The number of hydrogen-bond acceptors (Lipinski definition) is 3. The zero-order valence-electron chi connectivity index (χ0n) is 9.76. The van der Waals surface area contributed by atoms with E-state index < -0.39 is 5.54 Å². The SMILES string of the molecule is CCC(C)NCN1C(=O)NC(C)(C)C1=O. The van der Waals surface area contributed by atoms with Crippen molar-refractivity contribution in [3.8, 4) is 0 Å². The first-order chi connectivity index (χ1) is 6.88. The van der Waals surface area contributed by atoms with Crippen molar-refractivity contribution in [2.45, 2.75) is 45.7 Å². The summed E-state index contributed by atoms with van der Waals surface area (Å²) < 4.78 is 0. The van der Waals surface area contributed by atoms with Gasteiger partial charge >= 0.3 is 6.03 Å². The highest BCUT2D eigenvalue weighted by molar-refractivity contribution is 6.06. The summed E-state index contributed by atoms with van der Waals surface area (Å²) in [5.74, 6) is -0.177. The van der Waals surface area contributed by atoms with E-state index in [0.29, 0.717) is 6.04 Å². The molecule has 15 heavy (non-hydrogen) atoms. The summed E-state index contributed by atoms with van der Waals surface area (Å²) in [4.78, 5) is 24.4. The van der Waals surface area contributed by atoms with Crippen molar-refractivity contribution in [3.63, 3.8) is 0 Å². The Morgan fingerprint density at radius 3 is 2.47 bits per heavy atom. The summed E-state index contributed by atoms with van der Waals surface area (Å²) in [6, 6.07) is -0.0184. The van der Waals surface area contributed by atoms with Gasteiger partial charge in [-0.15, -0.1) is 0 Å². The molecule has 86 valence electrons. The number of nitrogens with zero attached hydrogens (tertiary/aromatic N) is 1. The largest absolute Gasteiger partial charge is 0.326 e. The second-order valence-corrected chi connectivity index (χ2v) is 4.46. The van der Waals surface area contributed by atoms with Crippen molar-refractivity contribution < 1.29 is 9.59 Å². The van der Waals surface area contributed by atoms with Crippen LogP contribution in [-0.4, -0.2) is 35.1 Å². The van der Waals surface area contributed by atoms with Crippen LogP contribution >= 0.6 is 0 Å². The van der Waals surface area contributed by atoms with Crippen LogP contribution in [0.1, 0.15) is 34.1 Å². The van der Waals surface area contributed by atoms with Crippen LogP contribution in [-0.2, 0) is 4.79 Å². The molecular weight excluding hydrogens is 194 g/mol. The fraction of sp³-hybridized carbons (Fsp3) is 0.800. The average molecular weight is 213 g/mol. The summed E-state index contributed by atoms with van der Waals surface area (Å²) in [5.41, 5.74) is -0.770. The Morgan fingerprint density at radius 1 is 1.47 bits per heavy atom. The third-order valence-corrected chi connectivity index (χ3v) is 2.65. The molecule has 1 fully saturated rings. The Labute approximate surface area is 90.2 Å². The quantitative estimate of drug-likeness (QED) is 0.674. The van der Waals surface area contributed by atoms with Crippen molar-refractivity contribution in [2.24, 2.45) is 0 Å². The topological polar surface area (TPSA) is 61.4 Å². The van der Waals surface area contributed by atoms with E-state index >= 15 is 0 Å². The van der Waals surface area contributed by atoms with Crippen LogP contribution in [0.5, 0.6) is 0 Å². The van der Waals surface area contributed by atoms with Crippen LogP contribution in [0, 0.1) is 0 Å². The van der Waals surface area contributed by atoms with Gasteiger partial charge in [0.2, 0.25) is 0 Å². The van der Waals surface area contributed by atoms with E-state index in [-0.39, 0.29) is 18.6 Å². The van der Waals surface area contributed by atoms with Crippen molar-refractivity contribution in [3.05, 3.63) is 0 Å². The lowest BCUT2D eigenvalue weighted by molar-refractivity contribution is -0.130. The smallest absolute Gasteiger partial charge is 0.324 e. The van der Waals surface area contributed by atoms with E-state index in [9.17, 15) is 9.59 Å². The van der Waals surface area contributed by atoms with Crippen LogP contribution in [0.15, 0.2) is 0 Å². The second kappa shape index (κ2) is 4.18. The van der Waals surface area contributed by atoms with Crippen molar-refractivity contribution in [2.75, 3.05) is 6.67 Å². The van der Waals surface area contributed by atoms with E-state index in [1.54, 1.807) is 13.8 Å². The first-order valence-corrected chi connectivity index (χ1v) is 5.26. The number of carbonyl (C=O) groups excluding carboxylic acids is 2. The Bertz CT molecular complexity index is 276. The van der Waals surface area contributed by atoms with Gasteiger partial charge in [0.25, 0.3) is 5.91 Å². The maximum atomic E-state index is 11.7. The number of carbonyl (C=O) groups is 2. The molecule has 0 aliphatic carbocycles. The number of amides is 3. The third-order valence-electron chi connectivity index (χ3n) is 2.65. The van der Waals surface area contributed by atoms with E-state index in [1.807, 2.05) is 13.8 Å². The Hall–Kier alpha value is -1.10. The van der Waals surface area contributed by atoms with Crippen LogP contribution in [0.2, 0.25) is 0 Å². The van der Waals surface area contributed by atoms with Crippen molar-refractivity contribution >= 4 is 11.9 Å². The molecule has 0 aromatic carbocycles. The molecule has 3 amide bonds. The second-order valence-electron chi connectivity index (χ2n) is 4.46. The molecule has 0 radical (unpaired) electrons. The van der Waals surface area contributed by atoms with Crippen molar-refractivity contribution in [1.82, 2.24) is 15.5 Å². The van der Waals surface area contributed by atoms with E-state index in [0.717, 1.165) is 6.42 Å². The van der Waals surface area contributed by atoms with Crippen LogP contribution in [0.4, 0.5) is 4.79 Å². The highest BCUT2D eigenvalue weighted by atomic mass is 16.2. The molecular formula is C10H19N3O2. The number of imide groups is 1. The molecule has 0 aromatic heterocycles. The molecule has 1 aliphatic heterocycles. The minimum absolute atomic E-state index is 0.177. The Morgan fingerprint density at radius 2 is 2.07 bits per heavy atom. The predicted molar refractivity (Wildman–Crippen MR) is 57.2 cm³/mol. The molecule has 5 heteroatoms. The van der Waals surface area contributed by atoms with E-state index in [2.05, 4.69) is 10.6 Å². The number of nitrogens with one attached hydrogen (secondary N) is 2. The molecule has 0 bridgehead atoms. The van der Waals surface area contributed by atoms with Gasteiger partial charge in [-0.25, -0.2) is 9.69 Å². The maximum absolute atomic E-state index is 11.7. The molecule has 1 rings (SSSR count). The molecule has 1 saturated heterocycles. The van der Waals surface area contributed by atoms with E-state index in [4.69, 9.17) is 0 Å². The summed E-state index contributed by atoms with van der Waals surface area (Å²) >= 11 is 0. The van der Waals surface area contributed by atoms with Gasteiger partial charge in [0.05, 0.1) is 6.67 Å². The molecule has 0 aromatic rings. The Kier molecular flexibility index (Phi) is 3.34. The number of urea groups is 1. The van der Waals surface area contributed by atoms with Crippen molar-refractivity contribution in [1.29, 1.82) is 0 Å². The zero-order valence-corrected chi connectivity index (χ0v) is 9.76. The lowest BCUT2D eigenvalue weighted by Crippen LogP contribution is -2.44. The van der Waals surface area contributed by atoms with Gasteiger partial charge in [-0.05, 0) is 27.2 Å². The molecule has 1 aliphatic rings. The monoisotopic (exact) mass is 213 g/mol. The first kappa shape index (κ1) is 12.0. The molecule has 0 spiro atoms. The summed E-state index contributed by atoms with van der Waals surface area (Å²) in [5, 5.41) is 5.75. The molecule has 1 heterocycles. The van der Waals surface area contributed by atoms with Gasteiger partial charge in [-0.2, -0.15) is 0 Å². The number of hydrogen-bond donors (Lipinski definition) is 2. The fourth-order valence-corrected chi connectivity index (χ4v) is 1.35. The van der Waals surface area contributed by atoms with E-state index in [1.165, 1.54) is 4.90 Å². The normalized spacial score (nSPS) is 21.7. The number of rotatable bonds is 4. The van der Waals surface area contributed by atoms with Gasteiger partial charge in [-0.1, -0.05) is 6.92 Å². The molecule has 5 nitrogen and oxygen atoms in total. The zero-order chi connectivity index (χ0) is 11.6. The van der Waals surface area contributed by atoms with Gasteiger partial charge < -0.3 is 5.32 Å². The van der Waals surface area contributed by atoms with Gasteiger partial charge in [-0.3, -0.25) is 10.1 Å². The van der Waals surface area contributed by atoms with Crippen LogP contribution in [0.25, 0.3) is 0 Å². The van der Waals surface area contributed by atoms with Crippen LogP contribution in [0.3, 0.4) is 0 Å². The third kappa shape index (κ3) is 2.47. The minimum atomic E-state index is -0.770. The molecule has 1 atom stereocenters. The van der Waals surface area contributed by atoms with Gasteiger partial charge in [0.15, 0.2) is 0 Å². The summed E-state index contributed by atoms with van der Waals surface area (Å²) in [7, 11) is 0. The highest BCUT2D eigenvalue weighted by Gasteiger charge is 2.43. The molecule has 1 unspecified atom stereocenters. The minimum Gasteiger partial charge on any atom is -0.324 e. The Balaban J connectivity index is 2.56. The summed E-state index contributed by atoms with van der Waals surface area (Å²) in [6.07, 6.45) is 0.965. The lowest BCUT2D eigenvalue weighted by atomic mass is 10.1. The van der Waals surface area contributed by atoms with Crippen LogP contribution < -0.4 is 10.6 Å². The molecule has 2 N–H and O–H groups in total. The lowest BCUT2D eigenvalue weighted by Gasteiger charge is -2.18.